The number of benzene rings is 1. The van der Waals surface area contributed by atoms with Crippen molar-refractivity contribution in [2.24, 2.45) is 0 Å². The van der Waals surface area contributed by atoms with Crippen molar-refractivity contribution in [1.29, 1.82) is 0 Å². The Labute approximate surface area is 149 Å². The van der Waals surface area contributed by atoms with E-state index in [0.717, 1.165) is 10.7 Å². The lowest BCUT2D eigenvalue weighted by molar-refractivity contribution is -0.114. The molecule has 3 aromatic rings. The van der Waals surface area contributed by atoms with Crippen LogP contribution in [-0.2, 0) is 11.3 Å². The summed E-state index contributed by atoms with van der Waals surface area (Å²) < 4.78 is 13.2. The average Bonchev–Trinajstić information content (AvgIpc) is 3.04. The Balaban J connectivity index is 1.85. The lowest BCUT2D eigenvalue weighted by Crippen LogP contribution is -2.28. The second-order valence-corrected chi connectivity index (χ2v) is 6.41. The minimum absolute atomic E-state index is 0.220. The minimum atomic E-state index is -0.343. The number of pyridine rings is 1. The molecule has 25 heavy (non-hydrogen) atoms. The van der Waals surface area contributed by atoms with E-state index < -0.39 is 0 Å². The van der Waals surface area contributed by atoms with Gasteiger partial charge in [0.05, 0.1) is 22.9 Å². The first-order valence-electron chi connectivity index (χ1n) is 7.69. The van der Waals surface area contributed by atoms with Gasteiger partial charge in [-0.05, 0) is 49.4 Å². The fourth-order valence-corrected chi connectivity index (χ4v) is 2.89. The van der Waals surface area contributed by atoms with Crippen molar-refractivity contribution in [2.75, 3.05) is 4.90 Å². The summed E-state index contributed by atoms with van der Waals surface area (Å²) >= 11 is 1.53. The molecule has 6 heteroatoms. The van der Waals surface area contributed by atoms with E-state index in [4.69, 9.17) is 0 Å². The lowest BCUT2D eigenvalue weighted by Gasteiger charge is -2.20. The zero-order chi connectivity index (χ0) is 17.6. The number of hydrogen-bond donors (Lipinski definition) is 0. The SMILES string of the molecule is Cc1nc(CN(C(=O)/C=C\c2ccccn2)c2ccc(F)cc2)cs1. The van der Waals surface area contributed by atoms with Crippen molar-refractivity contribution in [3.05, 3.63) is 82.3 Å². The monoisotopic (exact) mass is 353 g/mol. The fourth-order valence-electron chi connectivity index (χ4n) is 2.28. The van der Waals surface area contributed by atoms with Crippen molar-refractivity contribution < 1.29 is 9.18 Å². The van der Waals surface area contributed by atoms with E-state index in [-0.39, 0.29) is 11.7 Å². The van der Waals surface area contributed by atoms with E-state index in [0.29, 0.717) is 17.9 Å². The number of rotatable bonds is 5. The summed E-state index contributed by atoms with van der Waals surface area (Å²) in [5, 5.41) is 2.85. The number of amides is 1. The zero-order valence-electron chi connectivity index (χ0n) is 13.6. The highest BCUT2D eigenvalue weighted by Gasteiger charge is 2.15. The lowest BCUT2D eigenvalue weighted by atomic mass is 10.2. The van der Waals surface area contributed by atoms with E-state index in [1.807, 2.05) is 30.5 Å². The Kier molecular flexibility index (Phi) is 5.30. The van der Waals surface area contributed by atoms with E-state index >= 15 is 0 Å². The van der Waals surface area contributed by atoms with E-state index in [2.05, 4.69) is 9.97 Å². The van der Waals surface area contributed by atoms with Crippen molar-refractivity contribution in [1.82, 2.24) is 9.97 Å². The number of aryl methyl sites for hydroxylation is 1. The third kappa shape index (κ3) is 4.58. The van der Waals surface area contributed by atoms with Crippen LogP contribution >= 0.6 is 11.3 Å². The molecule has 0 N–H and O–H groups in total. The molecule has 4 nitrogen and oxygen atoms in total. The van der Waals surface area contributed by atoms with Gasteiger partial charge < -0.3 is 4.90 Å². The Morgan fingerprint density at radius 2 is 2.04 bits per heavy atom. The molecule has 1 aromatic carbocycles. The van der Waals surface area contributed by atoms with Crippen LogP contribution in [0, 0.1) is 12.7 Å². The number of aromatic nitrogens is 2. The van der Waals surface area contributed by atoms with Crippen LogP contribution < -0.4 is 4.90 Å². The Bertz CT molecular complexity index is 875. The van der Waals surface area contributed by atoms with Gasteiger partial charge in [-0.25, -0.2) is 9.37 Å². The summed E-state index contributed by atoms with van der Waals surface area (Å²) in [5.41, 5.74) is 2.11. The second kappa shape index (κ2) is 7.81. The van der Waals surface area contributed by atoms with Crippen molar-refractivity contribution in [2.45, 2.75) is 13.5 Å². The molecular weight excluding hydrogens is 337 g/mol. The maximum atomic E-state index is 13.2. The number of hydrogen-bond acceptors (Lipinski definition) is 4. The number of carbonyl (C=O) groups excluding carboxylic acids is 1. The summed E-state index contributed by atoms with van der Waals surface area (Å²) in [4.78, 5) is 22.8. The highest BCUT2D eigenvalue weighted by Crippen LogP contribution is 2.20. The normalized spacial score (nSPS) is 11.0. The molecule has 0 saturated heterocycles. The summed E-state index contributed by atoms with van der Waals surface area (Å²) in [6.07, 6.45) is 4.79. The Hall–Kier alpha value is -2.86. The summed E-state index contributed by atoms with van der Waals surface area (Å²) in [7, 11) is 0. The molecule has 1 amide bonds. The van der Waals surface area contributed by atoms with E-state index in [9.17, 15) is 9.18 Å². The maximum absolute atomic E-state index is 13.2. The van der Waals surface area contributed by atoms with Crippen molar-refractivity contribution in [3.63, 3.8) is 0 Å². The molecule has 0 fully saturated rings. The maximum Gasteiger partial charge on any atom is 0.251 e. The topological polar surface area (TPSA) is 46.1 Å². The molecule has 0 radical (unpaired) electrons. The number of carbonyl (C=O) groups is 1. The Morgan fingerprint density at radius 1 is 1.24 bits per heavy atom. The van der Waals surface area contributed by atoms with Gasteiger partial charge in [-0.15, -0.1) is 11.3 Å². The van der Waals surface area contributed by atoms with Gasteiger partial charge in [-0.3, -0.25) is 9.78 Å². The third-order valence-electron chi connectivity index (χ3n) is 3.48. The Morgan fingerprint density at radius 3 is 2.68 bits per heavy atom. The summed E-state index contributed by atoms with van der Waals surface area (Å²) in [6, 6.07) is 11.3. The standard InChI is InChI=1S/C19H16FN3OS/c1-14-22-17(13-25-14)12-23(18-8-5-15(20)6-9-18)19(24)10-7-16-4-2-3-11-21-16/h2-11,13H,12H2,1H3/b10-7-. The quantitative estimate of drug-likeness (QED) is 0.645. The molecule has 0 aliphatic heterocycles. The molecule has 0 saturated carbocycles. The van der Waals surface area contributed by atoms with Gasteiger partial charge in [-0.2, -0.15) is 0 Å². The van der Waals surface area contributed by atoms with Crippen molar-refractivity contribution >= 4 is 29.0 Å². The first-order chi connectivity index (χ1) is 12.1. The average molecular weight is 353 g/mol. The molecule has 126 valence electrons. The van der Waals surface area contributed by atoms with Gasteiger partial charge in [0.2, 0.25) is 0 Å². The van der Waals surface area contributed by atoms with Gasteiger partial charge in [0.1, 0.15) is 5.82 Å². The van der Waals surface area contributed by atoms with E-state index in [1.54, 1.807) is 29.3 Å². The second-order valence-electron chi connectivity index (χ2n) is 5.35. The molecule has 3 rings (SSSR count). The molecular formula is C19H16FN3OS. The molecule has 0 atom stereocenters. The van der Waals surface area contributed by atoms with Gasteiger partial charge in [-0.1, -0.05) is 6.07 Å². The number of nitrogens with zero attached hydrogens (tertiary/aromatic N) is 3. The molecule has 0 unspecified atom stereocenters. The van der Waals surface area contributed by atoms with Gasteiger partial charge in [0.25, 0.3) is 5.91 Å². The highest BCUT2D eigenvalue weighted by molar-refractivity contribution is 7.09. The molecule has 0 aliphatic carbocycles. The first kappa shape index (κ1) is 17.0. The highest BCUT2D eigenvalue weighted by atomic mass is 32.1. The predicted octanol–water partition coefficient (Wildman–Crippen LogP) is 4.23. The molecule has 0 spiro atoms. The first-order valence-corrected chi connectivity index (χ1v) is 8.57. The molecule has 0 bridgehead atoms. The fraction of sp³-hybridized carbons (Fsp3) is 0.105. The number of halogens is 1. The van der Waals surface area contributed by atoms with Crippen LogP contribution in [0.5, 0.6) is 0 Å². The van der Waals surface area contributed by atoms with Crippen LogP contribution in [0.1, 0.15) is 16.4 Å². The third-order valence-corrected chi connectivity index (χ3v) is 4.30. The van der Waals surface area contributed by atoms with Crippen LogP contribution in [0.4, 0.5) is 10.1 Å². The molecule has 2 heterocycles. The number of anilines is 1. The summed E-state index contributed by atoms with van der Waals surface area (Å²) in [5.74, 6) is -0.562. The smallest absolute Gasteiger partial charge is 0.251 e. The van der Waals surface area contributed by atoms with Crippen molar-refractivity contribution in [3.8, 4) is 0 Å². The zero-order valence-corrected chi connectivity index (χ0v) is 14.4. The van der Waals surface area contributed by atoms with Crippen LogP contribution in [0.15, 0.2) is 60.1 Å². The van der Waals surface area contributed by atoms with Gasteiger partial charge in [0, 0.05) is 23.3 Å². The predicted molar refractivity (Wildman–Crippen MR) is 97.7 cm³/mol. The van der Waals surface area contributed by atoms with Crippen LogP contribution in [0.25, 0.3) is 6.08 Å². The van der Waals surface area contributed by atoms with Crippen LogP contribution in [0.3, 0.4) is 0 Å². The van der Waals surface area contributed by atoms with Crippen LogP contribution in [-0.4, -0.2) is 15.9 Å². The largest absolute Gasteiger partial charge is 0.303 e. The van der Waals surface area contributed by atoms with Gasteiger partial charge >= 0.3 is 0 Å². The number of thiazole rings is 1. The van der Waals surface area contributed by atoms with Crippen LogP contribution in [0.2, 0.25) is 0 Å². The van der Waals surface area contributed by atoms with E-state index in [1.165, 1.54) is 29.5 Å². The molecule has 0 aliphatic rings. The summed E-state index contributed by atoms with van der Waals surface area (Å²) in [6.45, 7) is 2.24. The molecule has 2 aromatic heterocycles. The van der Waals surface area contributed by atoms with Gasteiger partial charge in [0.15, 0.2) is 0 Å². The minimum Gasteiger partial charge on any atom is -0.303 e.